The van der Waals surface area contributed by atoms with Crippen LogP contribution < -0.4 is 0 Å². The Morgan fingerprint density at radius 2 is 2.00 bits per heavy atom. The molecule has 0 fully saturated rings. The molecule has 2 heteroatoms. The first-order valence-corrected chi connectivity index (χ1v) is 4.21. The van der Waals surface area contributed by atoms with Crippen molar-refractivity contribution in [1.29, 1.82) is 0 Å². The summed E-state index contributed by atoms with van der Waals surface area (Å²) in [7, 11) is 4.13. The lowest BCUT2D eigenvalue weighted by Crippen LogP contribution is -2.17. The van der Waals surface area contributed by atoms with Crippen molar-refractivity contribution in [2.24, 2.45) is 0 Å². The van der Waals surface area contributed by atoms with Crippen LogP contribution in [0.15, 0.2) is 18.2 Å². The maximum atomic E-state index is 4.45. The summed E-state index contributed by atoms with van der Waals surface area (Å²) in [5.41, 5.74) is 2.22. The van der Waals surface area contributed by atoms with E-state index in [1.54, 1.807) is 0 Å². The SMILES string of the molecule is Cc1cccc(C(C)N(C)C)n1. The van der Waals surface area contributed by atoms with Crippen LogP contribution in [0, 0.1) is 6.92 Å². The summed E-state index contributed by atoms with van der Waals surface area (Å²) in [5, 5.41) is 0. The minimum absolute atomic E-state index is 0.393. The molecule has 0 aliphatic heterocycles. The average Bonchev–Trinajstić information content (AvgIpc) is 2.03. The molecule has 2 nitrogen and oxygen atoms in total. The third kappa shape index (κ3) is 2.05. The Bertz CT molecular complexity index is 256. The molecule has 0 amide bonds. The van der Waals surface area contributed by atoms with Crippen LogP contribution in [0.1, 0.15) is 24.4 Å². The van der Waals surface area contributed by atoms with Crippen molar-refractivity contribution in [3.8, 4) is 0 Å². The minimum atomic E-state index is 0.393. The second kappa shape index (κ2) is 3.68. The second-order valence-electron chi connectivity index (χ2n) is 3.34. The van der Waals surface area contributed by atoms with Gasteiger partial charge in [-0.05, 0) is 40.1 Å². The highest BCUT2D eigenvalue weighted by Gasteiger charge is 2.07. The molecule has 0 saturated heterocycles. The van der Waals surface area contributed by atoms with E-state index >= 15 is 0 Å². The fourth-order valence-corrected chi connectivity index (χ4v) is 1.06. The Morgan fingerprint density at radius 3 is 2.50 bits per heavy atom. The Kier molecular flexibility index (Phi) is 2.82. The van der Waals surface area contributed by atoms with E-state index < -0.39 is 0 Å². The van der Waals surface area contributed by atoms with E-state index in [-0.39, 0.29) is 0 Å². The van der Waals surface area contributed by atoms with Crippen molar-refractivity contribution in [2.45, 2.75) is 19.9 Å². The topological polar surface area (TPSA) is 16.1 Å². The highest BCUT2D eigenvalue weighted by molar-refractivity contribution is 5.12. The maximum absolute atomic E-state index is 4.45. The number of aryl methyl sites for hydroxylation is 1. The molecule has 0 aliphatic rings. The standard InChI is InChI=1S/C10H16N2/c1-8-6-5-7-10(11-8)9(2)12(3)4/h5-7,9H,1-4H3. The van der Waals surface area contributed by atoms with Crippen LogP contribution in [0.2, 0.25) is 0 Å². The number of hydrogen-bond donors (Lipinski definition) is 0. The van der Waals surface area contributed by atoms with Crippen LogP contribution in [0.5, 0.6) is 0 Å². The largest absolute Gasteiger partial charge is 0.301 e. The van der Waals surface area contributed by atoms with Gasteiger partial charge in [0.2, 0.25) is 0 Å². The first kappa shape index (κ1) is 9.20. The summed E-state index contributed by atoms with van der Waals surface area (Å²) in [5.74, 6) is 0. The van der Waals surface area contributed by atoms with Crippen LogP contribution in [0.3, 0.4) is 0 Å². The molecule has 0 spiro atoms. The molecule has 0 bridgehead atoms. The van der Waals surface area contributed by atoms with Gasteiger partial charge in [-0.1, -0.05) is 6.07 Å². The summed E-state index contributed by atoms with van der Waals surface area (Å²) in [6.45, 7) is 4.17. The van der Waals surface area contributed by atoms with Crippen molar-refractivity contribution in [3.63, 3.8) is 0 Å². The van der Waals surface area contributed by atoms with E-state index in [2.05, 4.69) is 43.0 Å². The molecule has 12 heavy (non-hydrogen) atoms. The van der Waals surface area contributed by atoms with Crippen molar-refractivity contribution < 1.29 is 0 Å². The van der Waals surface area contributed by atoms with Crippen molar-refractivity contribution >= 4 is 0 Å². The quantitative estimate of drug-likeness (QED) is 0.664. The van der Waals surface area contributed by atoms with Gasteiger partial charge in [0.1, 0.15) is 0 Å². The summed E-state index contributed by atoms with van der Waals surface area (Å²) in [6.07, 6.45) is 0. The van der Waals surface area contributed by atoms with Gasteiger partial charge in [-0.25, -0.2) is 0 Å². The molecule has 1 heterocycles. The molecule has 66 valence electrons. The summed E-state index contributed by atoms with van der Waals surface area (Å²) in [4.78, 5) is 6.61. The van der Waals surface area contributed by atoms with Crippen molar-refractivity contribution in [2.75, 3.05) is 14.1 Å². The van der Waals surface area contributed by atoms with E-state index in [4.69, 9.17) is 0 Å². The van der Waals surface area contributed by atoms with Gasteiger partial charge in [0.25, 0.3) is 0 Å². The molecule has 0 N–H and O–H groups in total. The zero-order valence-electron chi connectivity index (χ0n) is 8.20. The highest BCUT2D eigenvalue weighted by Crippen LogP contribution is 2.14. The Labute approximate surface area is 74.2 Å². The van der Waals surface area contributed by atoms with Gasteiger partial charge >= 0.3 is 0 Å². The Balaban J connectivity index is 2.88. The Hall–Kier alpha value is -0.890. The van der Waals surface area contributed by atoms with Crippen LogP contribution in [-0.4, -0.2) is 24.0 Å². The lowest BCUT2D eigenvalue weighted by atomic mass is 10.2. The molecule has 0 radical (unpaired) electrons. The third-order valence-electron chi connectivity index (χ3n) is 2.11. The molecular weight excluding hydrogens is 148 g/mol. The number of nitrogens with zero attached hydrogens (tertiary/aromatic N) is 2. The molecule has 1 atom stereocenters. The Morgan fingerprint density at radius 1 is 1.33 bits per heavy atom. The van der Waals surface area contributed by atoms with E-state index in [9.17, 15) is 0 Å². The second-order valence-corrected chi connectivity index (χ2v) is 3.34. The van der Waals surface area contributed by atoms with Crippen LogP contribution in [-0.2, 0) is 0 Å². The zero-order valence-corrected chi connectivity index (χ0v) is 8.20. The van der Waals surface area contributed by atoms with E-state index in [0.29, 0.717) is 6.04 Å². The molecule has 1 unspecified atom stereocenters. The molecule has 0 saturated carbocycles. The number of hydrogen-bond acceptors (Lipinski definition) is 2. The molecule has 0 aromatic carbocycles. The zero-order chi connectivity index (χ0) is 9.14. The number of aromatic nitrogens is 1. The first-order chi connectivity index (χ1) is 5.61. The van der Waals surface area contributed by atoms with Crippen LogP contribution >= 0.6 is 0 Å². The van der Waals surface area contributed by atoms with Gasteiger partial charge in [-0.2, -0.15) is 0 Å². The fraction of sp³-hybridized carbons (Fsp3) is 0.500. The van der Waals surface area contributed by atoms with Gasteiger partial charge in [0, 0.05) is 11.7 Å². The smallest absolute Gasteiger partial charge is 0.0575 e. The van der Waals surface area contributed by atoms with E-state index in [1.165, 1.54) is 0 Å². The minimum Gasteiger partial charge on any atom is -0.301 e. The van der Waals surface area contributed by atoms with E-state index in [1.807, 2.05) is 13.0 Å². The van der Waals surface area contributed by atoms with Gasteiger partial charge in [0.05, 0.1) is 5.69 Å². The highest BCUT2D eigenvalue weighted by atomic mass is 15.1. The third-order valence-corrected chi connectivity index (χ3v) is 2.11. The van der Waals surface area contributed by atoms with Gasteiger partial charge in [0.15, 0.2) is 0 Å². The number of rotatable bonds is 2. The maximum Gasteiger partial charge on any atom is 0.0575 e. The van der Waals surface area contributed by atoms with Gasteiger partial charge in [-0.15, -0.1) is 0 Å². The molecule has 0 aliphatic carbocycles. The molecular formula is C10H16N2. The van der Waals surface area contributed by atoms with Crippen LogP contribution in [0.25, 0.3) is 0 Å². The summed E-state index contributed by atoms with van der Waals surface area (Å²) >= 11 is 0. The van der Waals surface area contributed by atoms with Crippen molar-refractivity contribution in [1.82, 2.24) is 9.88 Å². The predicted octanol–water partition coefficient (Wildman–Crippen LogP) is 2.01. The average molecular weight is 164 g/mol. The summed E-state index contributed by atoms with van der Waals surface area (Å²) in [6, 6.07) is 6.53. The van der Waals surface area contributed by atoms with Crippen molar-refractivity contribution in [3.05, 3.63) is 29.6 Å². The van der Waals surface area contributed by atoms with Crippen LogP contribution in [0.4, 0.5) is 0 Å². The van der Waals surface area contributed by atoms with Gasteiger partial charge < -0.3 is 4.90 Å². The van der Waals surface area contributed by atoms with Gasteiger partial charge in [-0.3, -0.25) is 4.98 Å². The molecule has 1 rings (SSSR count). The molecule has 1 aromatic rings. The normalized spacial score (nSPS) is 13.4. The number of pyridine rings is 1. The fourth-order valence-electron chi connectivity index (χ4n) is 1.06. The lowest BCUT2D eigenvalue weighted by Gasteiger charge is -2.19. The predicted molar refractivity (Wildman–Crippen MR) is 51.1 cm³/mol. The monoisotopic (exact) mass is 164 g/mol. The van der Waals surface area contributed by atoms with E-state index in [0.717, 1.165) is 11.4 Å². The lowest BCUT2D eigenvalue weighted by molar-refractivity contribution is 0.315. The summed E-state index contributed by atoms with van der Waals surface area (Å²) < 4.78 is 0. The first-order valence-electron chi connectivity index (χ1n) is 4.21. The molecule has 1 aromatic heterocycles.